The van der Waals surface area contributed by atoms with E-state index < -0.39 is 17.5 Å². The van der Waals surface area contributed by atoms with Crippen molar-refractivity contribution in [1.29, 1.82) is 0 Å². The number of methoxy groups -OCH3 is 2. The molecule has 1 amide bonds. The number of rotatable bonds is 6. The highest BCUT2D eigenvalue weighted by Gasteiger charge is 2.42. The third-order valence-electron chi connectivity index (χ3n) is 3.36. The molecule has 1 heterocycles. The third kappa shape index (κ3) is 3.33. The van der Waals surface area contributed by atoms with Crippen LogP contribution >= 0.6 is 11.3 Å². The molecule has 1 unspecified atom stereocenters. The monoisotopic (exact) mass is 336 g/mol. The van der Waals surface area contributed by atoms with Crippen molar-refractivity contribution in [2.24, 2.45) is 0 Å². The van der Waals surface area contributed by atoms with E-state index in [1.54, 1.807) is 18.6 Å². The molecule has 122 valence electrons. The molecule has 1 aromatic heterocycles. The van der Waals surface area contributed by atoms with Gasteiger partial charge in [-0.05, 0) is 19.1 Å². The minimum Gasteiger partial charge on any atom is -0.496 e. The number of aliphatic carboxylic acids is 1. The van der Waals surface area contributed by atoms with Gasteiger partial charge in [-0.2, -0.15) is 0 Å². The molecule has 2 N–H and O–H groups in total. The second-order valence-electron chi connectivity index (χ2n) is 4.73. The van der Waals surface area contributed by atoms with Crippen LogP contribution in [0.3, 0.4) is 0 Å². The molecule has 0 bridgehead atoms. The Hall–Kier alpha value is -2.45. The molecule has 2 aromatic rings. The Morgan fingerprint density at radius 2 is 2.00 bits per heavy atom. The van der Waals surface area contributed by atoms with Crippen LogP contribution in [0.5, 0.6) is 5.75 Å². The summed E-state index contributed by atoms with van der Waals surface area (Å²) in [4.78, 5) is 27.6. The minimum atomic E-state index is -1.98. The predicted molar refractivity (Wildman–Crippen MR) is 85.8 cm³/mol. The Bertz CT molecular complexity index is 730. The van der Waals surface area contributed by atoms with Crippen molar-refractivity contribution in [3.63, 3.8) is 0 Å². The maximum Gasteiger partial charge on any atom is 0.345 e. The Morgan fingerprint density at radius 3 is 2.61 bits per heavy atom. The smallest absolute Gasteiger partial charge is 0.345 e. The molecule has 0 saturated carbocycles. The standard InChI is InChI=1S/C15H16N2O5S/c1-15(22-3,13(19)20)12(18)17-14-16-10(8-23-14)9-6-4-5-7-11(9)21-2/h4-8H,1-3H3,(H,19,20)(H,16,17,18). The quantitative estimate of drug-likeness (QED) is 0.785. The lowest BCUT2D eigenvalue weighted by Gasteiger charge is -2.20. The molecule has 7 nitrogen and oxygen atoms in total. The molecule has 0 spiro atoms. The molecule has 23 heavy (non-hydrogen) atoms. The van der Waals surface area contributed by atoms with Crippen LogP contribution in [0.15, 0.2) is 29.6 Å². The van der Waals surface area contributed by atoms with E-state index in [9.17, 15) is 9.59 Å². The van der Waals surface area contributed by atoms with Gasteiger partial charge in [0.05, 0.1) is 12.8 Å². The topological polar surface area (TPSA) is 97.8 Å². The van der Waals surface area contributed by atoms with Crippen LogP contribution in [-0.4, -0.2) is 41.8 Å². The Balaban J connectivity index is 2.23. The Labute approximate surface area is 136 Å². The first-order valence-corrected chi connectivity index (χ1v) is 7.49. The molecule has 1 atom stereocenters. The van der Waals surface area contributed by atoms with Gasteiger partial charge in [0, 0.05) is 18.1 Å². The number of nitrogens with zero attached hydrogens (tertiary/aromatic N) is 1. The fraction of sp³-hybridized carbons (Fsp3) is 0.267. The number of para-hydroxylation sites is 1. The first kappa shape index (κ1) is 16.9. The van der Waals surface area contributed by atoms with E-state index in [4.69, 9.17) is 14.6 Å². The second kappa shape index (κ2) is 6.76. The van der Waals surface area contributed by atoms with Crippen molar-refractivity contribution in [2.75, 3.05) is 19.5 Å². The molecule has 1 aromatic carbocycles. The Morgan fingerprint density at radius 1 is 1.30 bits per heavy atom. The molecule has 0 aliphatic carbocycles. The van der Waals surface area contributed by atoms with Gasteiger partial charge >= 0.3 is 5.97 Å². The number of hydrogen-bond donors (Lipinski definition) is 2. The fourth-order valence-electron chi connectivity index (χ4n) is 1.80. The number of carboxylic acid groups (broad SMARTS) is 1. The normalized spacial score (nSPS) is 13.2. The van der Waals surface area contributed by atoms with Gasteiger partial charge in [0.25, 0.3) is 5.91 Å². The zero-order valence-corrected chi connectivity index (χ0v) is 13.6. The fourth-order valence-corrected chi connectivity index (χ4v) is 2.51. The predicted octanol–water partition coefficient (Wildman–Crippen LogP) is 2.25. The first-order valence-electron chi connectivity index (χ1n) is 6.61. The van der Waals surface area contributed by atoms with E-state index in [-0.39, 0.29) is 5.13 Å². The van der Waals surface area contributed by atoms with Crippen LogP contribution in [0.2, 0.25) is 0 Å². The SMILES string of the molecule is COc1ccccc1-c1csc(NC(=O)C(C)(OC)C(=O)O)n1. The summed E-state index contributed by atoms with van der Waals surface area (Å²) in [5, 5.41) is 13.6. The maximum absolute atomic E-state index is 12.1. The molecular formula is C15H16N2O5S. The number of hydrogen-bond acceptors (Lipinski definition) is 6. The number of nitrogens with one attached hydrogen (secondary N) is 1. The van der Waals surface area contributed by atoms with Crippen LogP contribution in [-0.2, 0) is 14.3 Å². The molecule has 0 aliphatic rings. The number of carbonyl (C=O) groups excluding carboxylic acids is 1. The lowest BCUT2D eigenvalue weighted by atomic mass is 10.1. The highest BCUT2D eigenvalue weighted by molar-refractivity contribution is 7.14. The first-order chi connectivity index (χ1) is 10.9. The molecule has 0 saturated heterocycles. The van der Waals surface area contributed by atoms with Crippen molar-refractivity contribution in [2.45, 2.75) is 12.5 Å². The van der Waals surface area contributed by atoms with Crippen LogP contribution in [0.4, 0.5) is 5.13 Å². The van der Waals surface area contributed by atoms with E-state index in [0.29, 0.717) is 11.4 Å². The summed E-state index contributed by atoms with van der Waals surface area (Å²) >= 11 is 1.18. The van der Waals surface area contributed by atoms with E-state index in [1.807, 2.05) is 18.2 Å². The molecule has 8 heteroatoms. The summed E-state index contributed by atoms with van der Waals surface area (Å²) in [5.74, 6) is -1.52. The number of amides is 1. The zero-order chi connectivity index (χ0) is 17.0. The molecule has 0 radical (unpaired) electrons. The van der Waals surface area contributed by atoms with E-state index in [2.05, 4.69) is 10.3 Å². The summed E-state index contributed by atoms with van der Waals surface area (Å²) in [6.07, 6.45) is 0. The maximum atomic E-state index is 12.1. The third-order valence-corrected chi connectivity index (χ3v) is 4.11. The van der Waals surface area contributed by atoms with Crippen molar-refractivity contribution < 1.29 is 24.2 Å². The average Bonchev–Trinajstić information content (AvgIpc) is 3.01. The number of thiazole rings is 1. The highest BCUT2D eigenvalue weighted by Crippen LogP contribution is 2.32. The van der Waals surface area contributed by atoms with Crippen LogP contribution in [0.25, 0.3) is 11.3 Å². The summed E-state index contributed by atoms with van der Waals surface area (Å²) in [6.45, 7) is 1.18. The summed E-state index contributed by atoms with van der Waals surface area (Å²) in [6, 6.07) is 7.34. The van der Waals surface area contributed by atoms with Crippen LogP contribution in [0.1, 0.15) is 6.92 Å². The second-order valence-corrected chi connectivity index (χ2v) is 5.59. The molecular weight excluding hydrogens is 320 g/mol. The van der Waals surface area contributed by atoms with E-state index >= 15 is 0 Å². The summed E-state index contributed by atoms with van der Waals surface area (Å²) in [7, 11) is 2.72. The van der Waals surface area contributed by atoms with Gasteiger partial charge in [-0.15, -0.1) is 11.3 Å². The number of aromatic nitrogens is 1. The highest BCUT2D eigenvalue weighted by atomic mass is 32.1. The van der Waals surface area contributed by atoms with E-state index in [1.165, 1.54) is 18.3 Å². The van der Waals surface area contributed by atoms with Gasteiger partial charge < -0.3 is 14.6 Å². The van der Waals surface area contributed by atoms with Crippen molar-refractivity contribution >= 4 is 28.3 Å². The molecule has 0 aliphatic heterocycles. The zero-order valence-electron chi connectivity index (χ0n) is 12.8. The van der Waals surface area contributed by atoms with Gasteiger partial charge in [-0.3, -0.25) is 10.1 Å². The lowest BCUT2D eigenvalue weighted by molar-refractivity contribution is -0.165. The van der Waals surface area contributed by atoms with Gasteiger partial charge in [0.1, 0.15) is 5.75 Å². The van der Waals surface area contributed by atoms with Gasteiger partial charge in [-0.1, -0.05) is 12.1 Å². The molecule has 0 fully saturated rings. The minimum absolute atomic E-state index is 0.278. The van der Waals surface area contributed by atoms with Gasteiger partial charge in [-0.25, -0.2) is 9.78 Å². The Kier molecular flexibility index (Phi) is 4.97. The van der Waals surface area contributed by atoms with Crippen molar-refractivity contribution in [1.82, 2.24) is 4.98 Å². The van der Waals surface area contributed by atoms with E-state index in [0.717, 1.165) is 12.7 Å². The number of benzene rings is 1. The number of carbonyl (C=O) groups is 2. The molecule has 2 rings (SSSR count). The lowest BCUT2D eigenvalue weighted by Crippen LogP contribution is -2.48. The number of anilines is 1. The van der Waals surface area contributed by atoms with Crippen molar-refractivity contribution in [3.05, 3.63) is 29.6 Å². The summed E-state index contributed by atoms with van der Waals surface area (Å²) in [5.41, 5.74) is -0.576. The number of carboxylic acids is 1. The van der Waals surface area contributed by atoms with Gasteiger partial charge in [0.2, 0.25) is 5.60 Å². The van der Waals surface area contributed by atoms with Crippen LogP contribution < -0.4 is 10.1 Å². The largest absolute Gasteiger partial charge is 0.496 e. The summed E-state index contributed by atoms with van der Waals surface area (Å²) < 4.78 is 10.1. The van der Waals surface area contributed by atoms with Gasteiger partial charge in [0.15, 0.2) is 5.13 Å². The van der Waals surface area contributed by atoms with Crippen molar-refractivity contribution in [3.8, 4) is 17.0 Å². The number of ether oxygens (including phenoxy) is 2. The average molecular weight is 336 g/mol. The van der Waals surface area contributed by atoms with Crippen LogP contribution in [0, 0.1) is 0 Å².